The molecule has 0 saturated carbocycles. The van der Waals surface area contributed by atoms with Crippen molar-refractivity contribution < 1.29 is 14.6 Å². The van der Waals surface area contributed by atoms with Gasteiger partial charge in [-0.15, -0.1) is 0 Å². The minimum atomic E-state index is 0.0543. The summed E-state index contributed by atoms with van der Waals surface area (Å²) in [7, 11) is 1.90. The summed E-state index contributed by atoms with van der Waals surface area (Å²) < 4.78 is 7.35. The smallest absolute Gasteiger partial charge is 0.227 e. The van der Waals surface area contributed by atoms with Crippen molar-refractivity contribution in [3.05, 3.63) is 17.0 Å². The molecule has 1 saturated heterocycles. The van der Waals surface area contributed by atoms with Gasteiger partial charge in [0.25, 0.3) is 0 Å². The molecule has 6 nitrogen and oxygen atoms in total. The number of likely N-dealkylation sites (tertiary alicyclic amines) is 1. The Bertz CT molecular complexity index is 491. The number of amides is 1. The maximum atomic E-state index is 12.4. The molecule has 1 fully saturated rings. The summed E-state index contributed by atoms with van der Waals surface area (Å²) in [6.45, 7) is 5.84. The molecule has 2 rings (SSSR count). The van der Waals surface area contributed by atoms with Gasteiger partial charge in [0.15, 0.2) is 0 Å². The van der Waals surface area contributed by atoms with Crippen LogP contribution in [0, 0.1) is 13.8 Å². The van der Waals surface area contributed by atoms with Gasteiger partial charge in [-0.1, -0.05) is 0 Å². The topological polar surface area (TPSA) is 67.6 Å². The van der Waals surface area contributed by atoms with E-state index in [1.807, 2.05) is 30.5 Å². The quantitative estimate of drug-likeness (QED) is 0.863. The third-order valence-corrected chi connectivity index (χ3v) is 4.23. The molecular formula is C15H25N3O3. The van der Waals surface area contributed by atoms with E-state index >= 15 is 0 Å². The van der Waals surface area contributed by atoms with Gasteiger partial charge in [0, 0.05) is 31.4 Å². The fourth-order valence-electron chi connectivity index (χ4n) is 2.83. The number of aliphatic hydroxyl groups is 1. The number of aromatic nitrogens is 2. The van der Waals surface area contributed by atoms with Crippen LogP contribution in [0.25, 0.3) is 0 Å². The number of nitrogens with zero attached hydrogens (tertiary/aromatic N) is 3. The zero-order valence-corrected chi connectivity index (χ0v) is 13.1. The molecule has 0 aromatic carbocycles. The van der Waals surface area contributed by atoms with E-state index in [4.69, 9.17) is 9.84 Å². The molecule has 0 bridgehead atoms. The molecule has 0 atom stereocenters. The number of carbonyl (C=O) groups is 1. The monoisotopic (exact) mass is 295 g/mol. The minimum Gasteiger partial charge on any atom is -0.394 e. The second kappa shape index (κ2) is 7.04. The Labute approximate surface area is 125 Å². The second-order valence-corrected chi connectivity index (χ2v) is 5.62. The van der Waals surface area contributed by atoms with Gasteiger partial charge in [0.1, 0.15) is 0 Å². The normalized spacial score (nSPS) is 16.5. The van der Waals surface area contributed by atoms with E-state index in [9.17, 15) is 4.79 Å². The van der Waals surface area contributed by atoms with E-state index < -0.39 is 0 Å². The standard InChI is InChI=1S/C15H25N3O3/c1-11-14(12(2)17(3)16-11)10-15(20)18-6-4-13(5-7-18)21-9-8-19/h13,19H,4-10H2,1-3H3. The van der Waals surface area contributed by atoms with Crippen molar-refractivity contribution in [3.63, 3.8) is 0 Å². The lowest BCUT2D eigenvalue weighted by molar-refractivity contribution is -0.133. The van der Waals surface area contributed by atoms with Crippen LogP contribution >= 0.6 is 0 Å². The molecule has 118 valence electrons. The van der Waals surface area contributed by atoms with E-state index in [1.54, 1.807) is 0 Å². The maximum absolute atomic E-state index is 12.4. The predicted octanol–water partition coefficient (Wildman–Crippen LogP) is 0.579. The number of carbonyl (C=O) groups excluding carboxylic acids is 1. The summed E-state index contributed by atoms with van der Waals surface area (Å²) >= 11 is 0. The van der Waals surface area contributed by atoms with Gasteiger partial charge in [-0.05, 0) is 26.7 Å². The van der Waals surface area contributed by atoms with Gasteiger partial charge in [0.2, 0.25) is 5.91 Å². The Morgan fingerprint density at radius 2 is 2.05 bits per heavy atom. The minimum absolute atomic E-state index is 0.0543. The largest absolute Gasteiger partial charge is 0.394 e. The molecule has 0 radical (unpaired) electrons. The lowest BCUT2D eigenvalue weighted by Crippen LogP contribution is -2.41. The Morgan fingerprint density at radius 1 is 1.38 bits per heavy atom. The highest BCUT2D eigenvalue weighted by atomic mass is 16.5. The fraction of sp³-hybridized carbons (Fsp3) is 0.733. The average molecular weight is 295 g/mol. The van der Waals surface area contributed by atoms with Crippen molar-refractivity contribution >= 4 is 5.91 Å². The molecule has 0 spiro atoms. The van der Waals surface area contributed by atoms with Crippen LogP contribution in [-0.4, -0.2) is 58.1 Å². The van der Waals surface area contributed by atoms with Crippen LogP contribution in [-0.2, 0) is 23.0 Å². The molecule has 0 aliphatic carbocycles. The molecule has 1 aliphatic rings. The summed E-state index contributed by atoms with van der Waals surface area (Å²) in [5.74, 6) is 0.162. The number of hydrogen-bond donors (Lipinski definition) is 1. The van der Waals surface area contributed by atoms with E-state index in [2.05, 4.69) is 5.10 Å². The Balaban J connectivity index is 1.88. The van der Waals surface area contributed by atoms with E-state index in [0.717, 1.165) is 42.9 Å². The van der Waals surface area contributed by atoms with Crippen LogP contribution in [0.4, 0.5) is 0 Å². The first kappa shape index (κ1) is 16.0. The molecule has 1 amide bonds. The molecule has 1 aromatic heterocycles. The van der Waals surface area contributed by atoms with Crippen molar-refractivity contribution in [1.82, 2.24) is 14.7 Å². The summed E-state index contributed by atoms with van der Waals surface area (Å²) in [6, 6.07) is 0. The Morgan fingerprint density at radius 3 is 2.57 bits per heavy atom. The van der Waals surface area contributed by atoms with Crippen LogP contribution in [0.5, 0.6) is 0 Å². The third kappa shape index (κ3) is 3.83. The molecule has 21 heavy (non-hydrogen) atoms. The SMILES string of the molecule is Cc1nn(C)c(C)c1CC(=O)N1CCC(OCCO)CC1. The molecule has 1 aromatic rings. The fourth-order valence-corrected chi connectivity index (χ4v) is 2.83. The zero-order chi connectivity index (χ0) is 15.4. The lowest BCUT2D eigenvalue weighted by atomic mass is 10.1. The lowest BCUT2D eigenvalue weighted by Gasteiger charge is -2.32. The van der Waals surface area contributed by atoms with Crippen LogP contribution in [0.15, 0.2) is 0 Å². The second-order valence-electron chi connectivity index (χ2n) is 5.62. The maximum Gasteiger partial charge on any atom is 0.227 e. The van der Waals surface area contributed by atoms with Crippen LogP contribution in [0.1, 0.15) is 29.8 Å². The zero-order valence-electron chi connectivity index (χ0n) is 13.1. The van der Waals surface area contributed by atoms with Gasteiger partial charge >= 0.3 is 0 Å². The number of aliphatic hydroxyl groups excluding tert-OH is 1. The Hall–Kier alpha value is -1.40. The summed E-state index contributed by atoms with van der Waals surface area (Å²) in [5.41, 5.74) is 3.03. The number of aryl methyl sites for hydroxylation is 2. The molecule has 1 N–H and O–H groups in total. The average Bonchev–Trinajstić information content (AvgIpc) is 2.72. The van der Waals surface area contributed by atoms with Crippen molar-refractivity contribution in [3.8, 4) is 0 Å². The van der Waals surface area contributed by atoms with Crippen molar-refractivity contribution in [2.24, 2.45) is 7.05 Å². The van der Waals surface area contributed by atoms with E-state index in [1.165, 1.54) is 0 Å². The number of rotatable bonds is 5. The van der Waals surface area contributed by atoms with Crippen LogP contribution < -0.4 is 0 Å². The first-order chi connectivity index (χ1) is 10.0. The summed E-state index contributed by atoms with van der Waals surface area (Å²) in [4.78, 5) is 14.3. The Kier molecular flexibility index (Phi) is 5.36. The number of ether oxygens (including phenoxy) is 1. The molecule has 6 heteroatoms. The molecule has 1 aliphatic heterocycles. The van der Waals surface area contributed by atoms with E-state index in [0.29, 0.717) is 13.0 Å². The van der Waals surface area contributed by atoms with Gasteiger partial charge in [0.05, 0.1) is 31.4 Å². The van der Waals surface area contributed by atoms with E-state index in [-0.39, 0.29) is 18.6 Å². The molecular weight excluding hydrogens is 270 g/mol. The van der Waals surface area contributed by atoms with Gasteiger partial charge in [-0.3, -0.25) is 9.48 Å². The number of piperidine rings is 1. The first-order valence-corrected chi connectivity index (χ1v) is 7.52. The highest BCUT2D eigenvalue weighted by molar-refractivity contribution is 5.79. The van der Waals surface area contributed by atoms with Gasteiger partial charge < -0.3 is 14.7 Å². The summed E-state index contributed by atoms with van der Waals surface area (Å²) in [6.07, 6.45) is 2.28. The molecule has 2 heterocycles. The van der Waals surface area contributed by atoms with Crippen molar-refractivity contribution in [1.29, 1.82) is 0 Å². The summed E-state index contributed by atoms with van der Waals surface area (Å²) in [5, 5.41) is 13.1. The first-order valence-electron chi connectivity index (χ1n) is 7.52. The van der Waals surface area contributed by atoms with Gasteiger partial charge in [-0.25, -0.2) is 0 Å². The molecule has 0 unspecified atom stereocenters. The van der Waals surface area contributed by atoms with Crippen LogP contribution in [0.2, 0.25) is 0 Å². The highest BCUT2D eigenvalue weighted by Crippen LogP contribution is 2.17. The van der Waals surface area contributed by atoms with Crippen molar-refractivity contribution in [2.45, 2.75) is 39.2 Å². The van der Waals surface area contributed by atoms with Crippen LogP contribution in [0.3, 0.4) is 0 Å². The predicted molar refractivity (Wildman–Crippen MR) is 79.0 cm³/mol. The number of hydrogen-bond acceptors (Lipinski definition) is 4. The van der Waals surface area contributed by atoms with Crippen molar-refractivity contribution in [2.75, 3.05) is 26.3 Å². The highest BCUT2D eigenvalue weighted by Gasteiger charge is 2.24. The van der Waals surface area contributed by atoms with Gasteiger partial charge in [-0.2, -0.15) is 5.10 Å². The third-order valence-electron chi connectivity index (χ3n) is 4.23.